The van der Waals surface area contributed by atoms with Crippen LogP contribution in [0.1, 0.15) is 0 Å². The predicted octanol–water partition coefficient (Wildman–Crippen LogP) is 2.96. The van der Waals surface area contributed by atoms with Crippen LogP contribution in [0.15, 0.2) is 41.3 Å². The minimum Gasteiger partial charge on any atom is -0.323 e. The van der Waals surface area contributed by atoms with Gasteiger partial charge in [-0.25, -0.2) is 0 Å². The maximum atomic E-state index is 11.8. The van der Waals surface area contributed by atoms with Crippen molar-refractivity contribution in [1.29, 1.82) is 0 Å². The van der Waals surface area contributed by atoms with Gasteiger partial charge in [0.2, 0.25) is 0 Å². The van der Waals surface area contributed by atoms with Crippen LogP contribution in [0.25, 0.3) is 11.1 Å². The summed E-state index contributed by atoms with van der Waals surface area (Å²) in [4.78, 5) is 29.6. The topological polar surface area (TPSA) is 79.5 Å². The number of hydrogen-bond acceptors (Lipinski definition) is 2. The van der Waals surface area contributed by atoms with Crippen LogP contribution in [0.5, 0.6) is 0 Å². The van der Waals surface area contributed by atoms with Gasteiger partial charge in [-0.15, -0.1) is 0 Å². The van der Waals surface area contributed by atoms with E-state index in [0.717, 1.165) is 4.57 Å². The van der Waals surface area contributed by atoms with E-state index in [0.29, 0.717) is 21.2 Å². The summed E-state index contributed by atoms with van der Waals surface area (Å²) in [5, 5.41) is 0.873. The predicted molar refractivity (Wildman–Crippen MR) is 78.2 cm³/mol. The smallest absolute Gasteiger partial charge is 0.323 e. The maximum absolute atomic E-state index is 11.8. The van der Waals surface area contributed by atoms with Gasteiger partial charge in [0.1, 0.15) is 6.29 Å². The van der Waals surface area contributed by atoms with Crippen molar-refractivity contribution in [3.8, 4) is 11.1 Å². The number of nitrogens with zero attached hydrogens (tertiary/aromatic N) is 1. The van der Waals surface area contributed by atoms with Gasteiger partial charge in [0.25, 0.3) is 5.56 Å². The molecule has 0 radical (unpaired) electrons. The number of hydrogen-bond donors (Lipinski definition) is 2. The van der Waals surface area contributed by atoms with E-state index in [1.165, 1.54) is 12.3 Å². The molecular formula is C12H10Cl2NO4P. The SMILES string of the molecule is O=c1cc(-c2ccc(Cl)cc2Cl)ccn1CP(=O)(O)O. The molecule has 0 aliphatic heterocycles. The molecule has 0 unspecified atom stereocenters. The van der Waals surface area contributed by atoms with Crippen LogP contribution in [0, 0.1) is 0 Å². The molecule has 0 saturated heterocycles. The zero-order chi connectivity index (χ0) is 14.9. The van der Waals surface area contributed by atoms with Crippen molar-refractivity contribution in [2.24, 2.45) is 0 Å². The molecule has 2 rings (SSSR count). The van der Waals surface area contributed by atoms with E-state index in [-0.39, 0.29) is 0 Å². The highest BCUT2D eigenvalue weighted by Crippen LogP contribution is 2.36. The molecule has 20 heavy (non-hydrogen) atoms. The van der Waals surface area contributed by atoms with Crippen molar-refractivity contribution < 1.29 is 14.4 Å². The summed E-state index contributed by atoms with van der Waals surface area (Å²) in [5.74, 6) is 0. The van der Waals surface area contributed by atoms with Gasteiger partial charge in [0.15, 0.2) is 0 Å². The quantitative estimate of drug-likeness (QED) is 0.846. The van der Waals surface area contributed by atoms with Crippen molar-refractivity contribution in [3.05, 3.63) is 56.9 Å². The van der Waals surface area contributed by atoms with E-state index in [4.69, 9.17) is 33.0 Å². The second-order valence-electron chi connectivity index (χ2n) is 4.15. The molecule has 1 aromatic carbocycles. The minimum atomic E-state index is -4.30. The molecule has 0 atom stereocenters. The molecule has 1 aromatic heterocycles. The molecule has 2 aromatic rings. The zero-order valence-corrected chi connectivity index (χ0v) is 12.4. The second-order valence-corrected chi connectivity index (χ2v) is 6.61. The van der Waals surface area contributed by atoms with Gasteiger partial charge in [0.05, 0.1) is 0 Å². The minimum absolute atomic E-state index is 0.393. The molecule has 0 bridgehead atoms. The average molecular weight is 334 g/mol. The molecule has 0 aliphatic carbocycles. The zero-order valence-electron chi connectivity index (χ0n) is 10.0. The summed E-state index contributed by atoms with van der Waals surface area (Å²) in [6, 6.07) is 7.70. The fourth-order valence-electron chi connectivity index (χ4n) is 1.71. The van der Waals surface area contributed by atoms with Crippen molar-refractivity contribution in [3.63, 3.8) is 0 Å². The lowest BCUT2D eigenvalue weighted by Gasteiger charge is -2.09. The fraction of sp³-hybridized carbons (Fsp3) is 0.0833. The molecule has 0 amide bonds. The summed E-state index contributed by atoms with van der Waals surface area (Å²) in [6.45, 7) is 0. The first-order chi connectivity index (χ1) is 9.26. The highest BCUT2D eigenvalue weighted by Gasteiger charge is 2.15. The van der Waals surface area contributed by atoms with Crippen LogP contribution in [-0.4, -0.2) is 14.4 Å². The Hall–Kier alpha value is -1.10. The summed E-state index contributed by atoms with van der Waals surface area (Å²) in [7, 11) is -4.30. The van der Waals surface area contributed by atoms with Crippen LogP contribution in [0.3, 0.4) is 0 Å². The van der Waals surface area contributed by atoms with Gasteiger partial charge < -0.3 is 14.4 Å². The first-order valence-corrected chi connectivity index (χ1v) is 8.02. The molecule has 2 N–H and O–H groups in total. The monoisotopic (exact) mass is 333 g/mol. The third-order valence-electron chi connectivity index (χ3n) is 2.57. The summed E-state index contributed by atoms with van der Waals surface area (Å²) in [6.07, 6.45) is 0.669. The summed E-state index contributed by atoms with van der Waals surface area (Å²) in [5.41, 5.74) is 0.659. The highest BCUT2D eigenvalue weighted by molar-refractivity contribution is 7.50. The molecule has 1 heterocycles. The lowest BCUT2D eigenvalue weighted by atomic mass is 10.1. The van der Waals surface area contributed by atoms with Gasteiger partial charge in [0, 0.05) is 27.9 Å². The Morgan fingerprint density at radius 3 is 2.40 bits per heavy atom. The van der Waals surface area contributed by atoms with E-state index in [2.05, 4.69) is 0 Å². The largest absolute Gasteiger partial charge is 0.345 e. The summed E-state index contributed by atoms with van der Waals surface area (Å²) >= 11 is 11.8. The average Bonchev–Trinajstić information content (AvgIpc) is 2.30. The van der Waals surface area contributed by atoms with Gasteiger partial charge >= 0.3 is 7.60 Å². The van der Waals surface area contributed by atoms with E-state index in [1.54, 1.807) is 24.3 Å². The maximum Gasteiger partial charge on any atom is 0.345 e. The molecule has 0 aliphatic rings. The van der Waals surface area contributed by atoms with E-state index in [9.17, 15) is 9.36 Å². The van der Waals surface area contributed by atoms with Gasteiger partial charge in [-0.05, 0) is 23.8 Å². The van der Waals surface area contributed by atoms with Crippen molar-refractivity contribution in [2.45, 2.75) is 6.29 Å². The van der Waals surface area contributed by atoms with Crippen LogP contribution in [0.4, 0.5) is 0 Å². The molecule has 5 nitrogen and oxygen atoms in total. The number of benzene rings is 1. The van der Waals surface area contributed by atoms with Crippen molar-refractivity contribution >= 4 is 30.8 Å². The fourth-order valence-corrected chi connectivity index (χ4v) is 2.86. The Morgan fingerprint density at radius 1 is 1.15 bits per heavy atom. The Morgan fingerprint density at radius 2 is 1.85 bits per heavy atom. The van der Waals surface area contributed by atoms with Crippen molar-refractivity contribution in [1.82, 2.24) is 4.57 Å². The number of pyridine rings is 1. The lowest BCUT2D eigenvalue weighted by molar-refractivity contribution is 0.361. The Kier molecular flexibility index (Phi) is 4.37. The van der Waals surface area contributed by atoms with Crippen LogP contribution >= 0.6 is 30.8 Å². The number of aromatic nitrogens is 1. The number of halogens is 2. The van der Waals surface area contributed by atoms with Crippen LogP contribution in [-0.2, 0) is 10.9 Å². The van der Waals surface area contributed by atoms with Crippen LogP contribution in [0.2, 0.25) is 10.0 Å². The molecule has 106 valence electrons. The molecule has 0 saturated carbocycles. The first-order valence-electron chi connectivity index (χ1n) is 5.47. The van der Waals surface area contributed by atoms with Gasteiger partial charge in [-0.2, -0.15) is 0 Å². The van der Waals surface area contributed by atoms with Crippen molar-refractivity contribution in [2.75, 3.05) is 0 Å². The Balaban J connectivity index is 2.43. The van der Waals surface area contributed by atoms with E-state index < -0.39 is 19.4 Å². The van der Waals surface area contributed by atoms with E-state index >= 15 is 0 Å². The third kappa shape index (κ3) is 3.72. The molecule has 0 spiro atoms. The normalized spacial score (nSPS) is 11.6. The Labute approximate surface area is 124 Å². The third-order valence-corrected chi connectivity index (χ3v) is 3.80. The molecular weight excluding hydrogens is 324 g/mol. The summed E-state index contributed by atoms with van der Waals surface area (Å²) < 4.78 is 11.9. The Bertz CT molecular complexity index is 753. The van der Waals surface area contributed by atoms with Gasteiger partial charge in [-0.3, -0.25) is 9.36 Å². The number of rotatable bonds is 3. The van der Waals surface area contributed by atoms with Gasteiger partial charge in [-0.1, -0.05) is 29.3 Å². The first kappa shape index (κ1) is 15.3. The standard InChI is InChI=1S/C12H10Cl2NO4P/c13-9-1-2-10(11(14)6-9)8-3-4-15(12(16)5-8)7-20(17,18)19/h1-6H,7H2,(H2,17,18,19). The lowest BCUT2D eigenvalue weighted by Crippen LogP contribution is -2.18. The molecule has 0 fully saturated rings. The highest BCUT2D eigenvalue weighted by atomic mass is 35.5. The van der Waals surface area contributed by atoms with E-state index in [1.807, 2.05) is 0 Å². The van der Waals surface area contributed by atoms with Crippen LogP contribution < -0.4 is 5.56 Å². The second kappa shape index (κ2) is 5.72. The molecule has 8 heteroatoms.